The van der Waals surface area contributed by atoms with E-state index in [2.05, 4.69) is 17.3 Å². The van der Waals surface area contributed by atoms with E-state index in [0.717, 1.165) is 30.6 Å². The molecule has 0 spiro atoms. The number of carbonyl (C=O) groups excluding carboxylic acids is 2. The van der Waals surface area contributed by atoms with Crippen molar-refractivity contribution >= 4 is 11.8 Å². The van der Waals surface area contributed by atoms with Gasteiger partial charge in [-0.25, -0.2) is 4.68 Å². The molecule has 1 aliphatic heterocycles. The van der Waals surface area contributed by atoms with E-state index in [9.17, 15) is 9.59 Å². The zero-order valence-electron chi connectivity index (χ0n) is 18.0. The molecule has 31 heavy (non-hydrogen) atoms. The maximum atomic E-state index is 13.2. The zero-order valence-corrected chi connectivity index (χ0v) is 18.0. The highest BCUT2D eigenvalue weighted by Gasteiger charge is 2.27. The lowest BCUT2D eigenvalue weighted by Gasteiger charge is -2.32. The lowest BCUT2D eigenvalue weighted by atomic mass is 10.0. The fraction of sp³-hybridized carbons (Fsp3) is 0.320. The molecule has 3 aromatic rings. The summed E-state index contributed by atoms with van der Waals surface area (Å²) >= 11 is 0. The summed E-state index contributed by atoms with van der Waals surface area (Å²) in [6.45, 7) is 5.34. The average Bonchev–Trinajstić information content (AvgIpc) is 3.24. The lowest BCUT2D eigenvalue weighted by Crippen LogP contribution is -2.46. The lowest BCUT2D eigenvalue weighted by molar-refractivity contribution is 0.0697. The van der Waals surface area contributed by atoms with Crippen molar-refractivity contribution in [1.82, 2.24) is 20.0 Å². The van der Waals surface area contributed by atoms with E-state index < -0.39 is 0 Å². The van der Waals surface area contributed by atoms with E-state index in [1.54, 1.807) is 6.20 Å². The van der Waals surface area contributed by atoms with Gasteiger partial charge < -0.3 is 10.2 Å². The van der Waals surface area contributed by atoms with Gasteiger partial charge >= 0.3 is 0 Å². The van der Waals surface area contributed by atoms with Crippen LogP contribution in [0.15, 0.2) is 60.8 Å². The van der Waals surface area contributed by atoms with Gasteiger partial charge in [0, 0.05) is 24.7 Å². The SMILES string of the molecule is CCc1c(C(=O)N2CCC(NC(=O)c3ccccc3)CC2)cnn1-c1ccc(C)cc1. The van der Waals surface area contributed by atoms with Crippen molar-refractivity contribution in [3.63, 3.8) is 0 Å². The Hall–Kier alpha value is -3.41. The Morgan fingerprint density at radius 2 is 1.71 bits per heavy atom. The molecule has 0 unspecified atom stereocenters. The molecular formula is C25H28N4O2. The minimum atomic E-state index is -0.0574. The number of rotatable bonds is 5. The van der Waals surface area contributed by atoms with Gasteiger partial charge in [0.2, 0.25) is 0 Å². The minimum absolute atomic E-state index is 0.0167. The molecule has 2 aromatic carbocycles. The summed E-state index contributed by atoms with van der Waals surface area (Å²) in [5.74, 6) is -0.0407. The second-order valence-electron chi connectivity index (χ2n) is 8.01. The van der Waals surface area contributed by atoms with Crippen LogP contribution >= 0.6 is 0 Å². The Kier molecular flexibility index (Phi) is 6.16. The van der Waals surface area contributed by atoms with Crippen LogP contribution in [0.3, 0.4) is 0 Å². The van der Waals surface area contributed by atoms with E-state index in [0.29, 0.717) is 24.2 Å². The fourth-order valence-corrected chi connectivity index (χ4v) is 4.06. The molecule has 0 saturated carbocycles. The average molecular weight is 417 g/mol. The van der Waals surface area contributed by atoms with Crippen molar-refractivity contribution in [2.75, 3.05) is 13.1 Å². The number of hydrogen-bond acceptors (Lipinski definition) is 3. The molecule has 2 heterocycles. The predicted octanol–water partition coefficient (Wildman–Crippen LogP) is 3.78. The fourth-order valence-electron chi connectivity index (χ4n) is 4.06. The third kappa shape index (κ3) is 4.53. The summed E-state index contributed by atoms with van der Waals surface area (Å²) in [6.07, 6.45) is 3.90. The Morgan fingerprint density at radius 3 is 2.35 bits per heavy atom. The number of piperidine rings is 1. The van der Waals surface area contributed by atoms with Crippen molar-refractivity contribution in [2.45, 2.75) is 39.2 Å². The molecule has 1 aliphatic rings. The van der Waals surface area contributed by atoms with Gasteiger partial charge in [0.15, 0.2) is 0 Å². The summed E-state index contributed by atoms with van der Waals surface area (Å²) in [6, 6.07) is 17.5. The van der Waals surface area contributed by atoms with E-state index in [1.165, 1.54) is 5.56 Å². The van der Waals surface area contributed by atoms with Crippen LogP contribution in [0.2, 0.25) is 0 Å². The molecule has 1 aromatic heterocycles. The summed E-state index contributed by atoms with van der Waals surface area (Å²) < 4.78 is 1.86. The van der Waals surface area contributed by atoms with E-state index in [-0.39, 0.29) is 17.9 Å². The molecule has 6 heteroatoms. The van der Waals surface area contributed by atoms with Gasteiger partial charge in [0.05, 0.1) is 23.1 Å². The molecule has 0 bridgehead atoms. The predicted molar refractivity (Wildman–Crippen MR) is 121 cm³/mol. The highest BCUT2D eigenvalue weighted by atomic mass is 16.2. The number of hydrogen-bond donors (Lipinski definition) is 1. The van der Waals surface area contributed by atoms with Gasteiger partial charge in [-0.1, -0.05) is 42.8 Å². The summed E-state index contributed by atoms with van der Waals surface area (Å²) in [7, 11) is 0. The third-order valence-corrected chi connectivity index (χ3v) is 5.87. The van der Waals surface area contributed by atoms with Gasteiger partial charge in [-0.15, -0.1) is 0 Å². The van der Waals surface area contributed by atoms with E-state index in [1.807, 2.05) is 71.1 Å². The van der Waals surface area contributed by atoms with Crippen molar-refractivity contribution in [2.24, 2.45) is 0 Å². The highest BCUT2D eigenvalue weighted by Crippen LogP contribution is 2.20. The van der Waals surface area contributed by atoms with Crippen molar-refractivity contribution in [3.8, 4) is 5.69 Å². The van der Waals surface area contributed by atoms with Crippen LogP contribution in [-0.4, -0.2) is 45.6 Å². The Morgan fingerprint density at radius 1 is 1.03 bits per heavy atom. The minimum Gasteiger partial charge on any atom is -0.349 e. The van der Waals surface area contributed by atoms with Crippen LogP contribution < -0.4 is 5.32 Å². The number of carbonyl (C=O) groups is 2. The van der Waals surface area contributed by atoms with E-state index >= 15 is 0 Å². The Labute approximate surface area is 182 Å². The standard InChI is InChI=1S/C25H28N4O2/c1-3-23-22(17-26-29(23)21-11-9-18(2)10-12-21)25(31)28-15-13-20(14-16-28)27-24(30)19-7-5-4-6-8-19/h4-12,17,20H,3,13-16H2,1-2H3,(H,27,30). The van der Waals surface area contributed by atoms with Gasteiger partial charge in [0.25, 0.3) is 11.8 Å². The number of amides is 2. The van der Waals surface area contributed by atoms with Gasteiger partial charge in [-0.2, -0.15) is 5.10 Å². The first-order valence-electron chi connectivity index (χ1n) is 10.9. The molecule has 0 radical (unpaired) electrons. The summed E-state index contributed by atoms with van der Waals surface area (Å²) in [4.78, 5) is 27.5. The number of likely N-dealkylation sites (tertiary alicyclic amines) is 1. The van der Waals surface area contributed by atoms with E-state index in [4.69, 9.17) is 0 Å². The molecule has 1 fully saturated rings. The molecule has 1 N–H and O–H groups in total. The molecule has 160 valence electrons. The number of aryl methyl sites for hydroxylation is 1. The normalized spacial score (nSPS) is 14.5. The first kappa shape index (κ1) is 20.8. The van der Waals surface area contributed by atoms with Crippen LogP contribution in [0.1, 0.15) is 51.7 Å². The molecule has 2 amide bonds. The quantitative estimate of drug-likeness (QED) is 0.688. The van der Waals surface area contributed by atoms with Crippen molar-refractivity contribution in [1.29, 1.82) is 0 Å². The molecule has 6 nitrogen and oxygen atoms in total. The number of benzene rings is 2. The second-order valence-corrected chi connectivity index (χ2v) is 8.01. The molecule has 0 atom stereocenters. The Balaban J connectivity index is 1.41. The summed E-state index contributed by atoms with van der Waals surface area (Å²) in [5, 5.41) is 7.60. The maximum absolute atomic E-state index is 13.2. The molecular weight excluding hydrogens is 388 g/mol. The Bertz CT molecular complexity index is 1050. The smallest absolute Gasteiger partial charge is 0.257 e. The largest absolute Gasteiger partial charge is 0.349 e. The van der Waals surface area contributed by atoms with Gasteiger partial charge in [0.1, 0.15) is 0 Å². The van der Waals surface area contributed by atoms with Gasteiger partial charge in [-0.3, -0.25) is 9.59 Å². The van der Waals surface area contributed by atoms with Gasteiger partial charge in [-0.05, 0) is 50.5 Å². The molecule has 1 saturated heterocycles. The van der Waals surface area contributed by atoms with Crippen LogP contribution in [0.25, 0.3) is 5.69 Å². The van der Waals surface area contributed by atoms with Crippen molar-refractivity contribution in [3.05, 3.63) is 83.2 Å². The molecule has 4 rings (SSSR count). The monoisotopic (exact) mass is 416 g/mol. The maximum Gasteiger partial charge on any atom is 0.257 e. The van der Waals surface area contributed by atoms with Crippen LogP contribution in [0.4, 0.5) is 0 Å². The number of nitrogens with one attached hydrogen (secondary N) is 1. The molecule has 0 aliphatic carbocycles. The van der Waals surface area contributed by atoms with Crippen LogP contribution in [-0.2, 0) is 6.42 Å². The van der Waals surface area contributed by atoms with Crippen molar-refractivity contribution < 1.29 is 9.59 Å². The number of aromatic nitrogens is 2. The highest BCUT2D eigenvalue weighted by molar-refractivity contribution is 5.96. The second kappa shape index (κ2) is 9.16. The first-order chi connectivity index (χ1) is 15.1. The van der Waals surface area contributed by atoms with Crippen LogP contribution in [0.5, 0.6) is 0 Å². The summed E-state index contributed by atoms with van der Waals surface area (Å²) in [5.41, 5.74) is 4.40. The number of nitrogens with zero attached hydrogens (tertiary/aromatic N) is 3. The third-order valence-electron chi connectivity index (χ3n) is 5.87. The van der Waals surface area contributed by atoms with Crippen LogP contribution in [0, 0.1) is 6.92 Å². The first-order valence-corrected chi connectivity index (χ1v) is 10.9. The topological polar surface area (TPSA) is 67.2 Å². The zero-order chi connectivity index (χ0) is 21.8.